The molecule has 1 aromatic carbocycles. The van der Waals surface area contributed by atoms with Gasteiger partial charge >= 0.3 is 5.97 Å². The van der Waals surface area contributed by atoms with Gasteiger partial charge in [0.15, 0.2) is 12.4 Å². The Morgan fingerprint density at radius 1 is 1.13 bits per heavy atom. The average molecular weight is 312 g/mol. The number of carbonyl (C=O) groups excluding carboxylic acids is 2. The third-order valence-electron chi connectivity index (χ3n) is 3.53. The van der Waals surface area contributed by atoms with E-state index < -0.39 is 12.1 Å². The fourth-order valence-corrected chi connectivity index (χ4v) is 2.13. The summed E-state index contributed by atoms with van der Waals surface area (Å²) in [5, 5.41) is 13.9. The van der Waals surface area contributed by atoms with Crippen LogP contribution >= 0.6 is 0 Å². The Hall–Kier alpha value is -2.89. The molecule has 1 aliphatic carbocycles. The first kappa shape index (κ1) is 15.0. The van der Waals surface area contributed by atoms with Crippen LogP contribution < -0.4 is 10.0 Å². The lowest BCUT2D eigenvalue weighted by atomic mass is 10.1. The molecule has 6 nitrogen and oxygen atoms in total. The number of amides is 1. The van der Waals surface area contributed by atoms with Gasteiger partial charge in [0, 0.05) is 23.7 Å². The van der Waals surface area contributed by atoms with Gasteiger partial charge in [-0.25, -0.2) is 4.79 Å². The third kappa shape index (κ3) is 3.85. The minimum Gasteiger partial charge on any atom is -0.619 e. The van der Waals surface area contributed by atoms with E-state index in [0.29, 0.717) is 10.3 Å². The van der Waals surface area contributed by atoms with Crippen LogP contribution in [0.2, 0.25) is 0 Å². The molecular weight excluding hydrogens is 296 g/mol. The van der Waals surface area contributed by atoms with Crippen molar-refractivity contribution in [3.8, 4) is 0 Å². The summed E-state index contributed by atoms with van der Waals surface area (Å²) in [6.07, 6.45) is 3.30. The number of nitrogens with one attached hydrogen (secondary N) is 1. The van der Waals surface area contributed by atoms with Crippen LogP contribution in [0.25, 0.3) is 0 Å². The molecule has 0 spiro atoms. The minimum absolute atomic E-state index is 0.170. The van der Waals surface area contributed by atoms with Crippen molar-refractivity contribution in [2.75, 3.05) is 0 Å². The minimum atomic E-state index is -1.01. The highest BCUT2D eigenvalue weighted by Crippen LogP contribution is 2.23. The molecule has 0 saturated heterocycles. The Morgan fingerprint density at radius 3 is 2.39 bits per heavy atom. The molecule has 6 heteroatoms. The van der Waals surface area contributed by atoms with Crippen molar-refractivity contribution in [3.63, 3.8) is 0 Å². The lowest BCUT2D eigenvalue weighted by molar-refractivity contribution is -0.605. The quantitative estimate of drug-likeness (QED) is 0.515. The molecule has 1 amide bonds. The van der Waals surface area contributed by atoms with Gasteiger partial charge in [-0.05, 0) is 12.8 Å². The summed E-state index contributed by atoms with van der Waals surface area (Å²) in [5.74, 6) is -0.979. The van der Waals surface area contributed by atoms with E-state index in [1.54, 1.807) is 24.3 Å². The van der Waals surface area contributed by atoms with Crippen LogP contribution in [0.4, 0.5) is 0 Å². The molecule has 1 heterocycles. The van der Waals surface area contributed by atoms with Gasteiger partial charge in [0.05, 0.1) is 5.56 Å². The molecule has 3 rings (SSSR count). The topological polar surface area (TPSA) is 82.3 Å². The van der Waals surface area contributed by atoms with E-state index in [1.165, 1.54) is 24.5 Å². The van der Waals surface area contributed by atoms with Crippen LogP contribution in [0.3, 0.4) is 0 Å². The zero-order valence-electron chi connectivity index (χ0n) is 12.3. The number of aromatic nitrogens is 1. The largest absolute Gasteiger partial charge is 0.619 e. The summed E-state index contributed by atoms with van der Waals surface area (Å²) in [6, 6.07) is 11.7. The molecule has 1 unspecified atom stereocenters. The van der Waals surface area contributed by atoms with Crippen molar-refractivity contribution in [3.05, 3.63) is 71.2 Å². The van der Waals surface area contributed by atoms with Crippen LogP contribution in [0.1, 0.15) is 34.9 Å². The maximum atomic E-state index is 12.4. The third-order valence-corrected chi connectivity index (χ3v) is 3.53. The monoisotopic (exact) mass is 312 g/mol. The molecule has 1 aromatic heterocycles. The van der Waals surface area contributed by atoms with Gasteiger partial charge < -0.3 is 15.3 Å². The van der Waals surface area contributed by atoms with E-state index in [1.807, 2.05) is 6.07 Å². The maximum Gasteiger partial charge on any atom is 0.339 e. The zero-order chi connectivity index (χ0) is 16.2. The fraction of sp³-hybridized carbons (Fsp3) is 0.235. The Labute approximate surface area is 133 Å². The highest BCUT2D eigenvalue weighted by Gasteiger charge is 2.31. The number of hydrogen-bond donors (Lipinski definition) is 1. The number of benzene rings is 1. The average Bonchev–Trinajstić information content (AvgIpc) is 3.37. The maximum absolute atomic E-state index is 12.4. The van der Waals surface area contributed by atoms with Crippen molar-refractivity contribution < 1.29 is 19.1 Å². The molecule has 23 heavy (non-hydrogen) atoms. The summed E-state index contributed by atoms with van der Waals surface area (Å²) in [4.78, 5) is 24.6. The zero-order valence-corrected chi connectivity index (χ0v) is 12.3. The van der Waals surface area contributed by atoms with Gasteiger partial charge in [-0.1, -0.05) is 30.3 Å². The van der Waals surface area contributed by atoms with Crippen LogP contribution in [0, 0.1) is 5.21 Å². The molecule has 1 atom stereocenters. The SMILES string of the molecule is O=C(OC(C(=O)NC1CC1)c1ccccc1)c1cc[n+]([O-])cc1. The Kier molecular flexibility index (Phi) is 4.23. The summed E-state index contributed by atoms with van der Waals surface area (Å²) in [7, 11) is 0. The smallest absolute Gasteiger partial charge is 0.339 e. The van der Waals surface area contributed by atoms with E-state index in [-0.39, 0.29) is 17.5 Å². The van der Waals surface area contributed by atoms with Gasteiger partial charge in [0.1, 0.15) is 0 Å². The molecule has 1 N–H and O–H groups in total. The standard InChI is InChI=1S/C17H16N2O4/c20-16(18-14-6-7-14)15(12-4-2-1-3-5-12)23-17(21)13-8-10-19(22)11-9-13/h1-5,8-11,14-15H,6-7H2,(H,18,20). The van der Waals surface area contributed by atoms with E-state index >= 15 is 0 Å². The molecule has 0 aliphatic heterocycles. The second-order valence-corrected chi connectivity index (χ2v) is 5.43. The van der Waals surface area contributed by atoms with Crippen molar-refractivity contribution in [2.24, 2.45) is 0 Å². The first-order valence-electron chi connectivity index (χ1n) is 7.38. The van der Waals surface area contributed by atoms with Gasteiger partial charge in [0.2, 0.25) is 6.10 Å². The summed E-state index contributed by atoms with van der Waals surface area (Å²) < 4.78 is 5.97. The van der Waals surface area contributed by atoms with Crippen molar-refractivity contribution in [1.29, 1.82) is 0 Å². The lowest BCUT2D eigenvalue weighted by Gasteiger charge is -2.18. The van der Waals surface area contributed by atoms with E-state index in [0.717, 1.165) is 12.8 Å². The first-order valence-corrected chi connectivity index (χ1v) is 7.38. The van der Waals surface area contributed by atoms with Gasteiger partial charge in [0.25, 0.3) is 5.91 Å². The highest BCUT2D eigenvalue weighted by molar-refractivity contribution is 5.92. The fourth-order valence-electron chi connectivity index (χ4n) is 2.13. The molecular formula is C17H16N2O4. The van der Waals surface area contributed by atoms with Gasteiger partial charge in [-0.2, -0.15) is 4.73 Å². The summed E-state index contributed by atoms with van der Waals surface area (Å²) in [5.41, 5.74) is 0.825. The highest BCUT2D eigenvalue weighted by atomic mass is 16.5. The second kappa shape index (κ2) is 6.48. The normalized spacial score (nSPS) is 14.8. The first-order chi connectivity index (χ1) is 11.1. The Bertz CT molecular complexity index is 696. The predicted octanol–water partition coefficient (Wildman–Crippen LogP) is 1.50. The number of esters is 1. The predicted molar refractivity (Wildman–Crippen MR) is 81.2 cm³/mol. The van der Waals surface area contributed by atoms with E-state index in [9.17, 15) is 14.8 Å². The molecule has 1 aliphatic rings. The molecule has 1 fully saturated rings. The van der Waals surface area contributed by atoms with Crippen molar-refractivity contribution in [1.82, 2.24) is 5.32 Å². The molecule has 1 saturated carbocycles. The lowest BCUT2D eigenvalue weighted by Crippen LogP contribution is -2.33. The van der Waals surface area contributed by atoms with E-state index in [4.69, 9.17) is 4.74 Å². The molecule has 0 radical (unpaired) electrons. The van der Waals surface area contributed by atoms with Crippen molar-refractivity contribution >= 4 is 11.9 Å². The Balaban J connectivity index is 1.78. The number of carbonyl (C=O) groups is 2. The molecule has 2 aromatic rings. The number of pyridine rings is 1. The summed E-state index contributed by atoms with van der Waals surface area (Å²) in [6.45, 7) is 0. The second-order valence-electron chi connectivity index (χ2n) is 5.43. The van der Waals surface area contributed by atoms with Crippen molar-refractivity contribution in [2.45, 2.75) is 25.0 Å². The van der Waals surface area contributed by atoms with E-state index in [2.05, 4.69) is 5.32 Å². The molecule has 0 bridgehead atoms. The molecule has 118 valence electrons. The van der Waals surface area contributed by atoms with Crippen LogP contribution in [-0.2, 0) is 9.53 Å². The van der Waals surface area contributed by atoms with Crippen LogP contribution in [0.5, 0.6) is 0 Å². The summed E-state index contributed by atoms with van der Waals surface area (Å²) >= 11 is 0. The van der Waals surface area contributed by atoms with Crippen LogP contribution in [-0.4, -0.2) is 17.9 Å². The van der Waals surface area contributed by atoms with Gasteiger partial charge in [-0.15, -0.1) is 0 Å². The number of nitrogens with zero attached hydrogens (tertiary/aromatic N) is 1. The number of hydrogen-bond acceptors (Lipinski definition) is 4. The number of rotatable bonds is 5. The van der Waals surface area contributed by atoms with Crippen LogP contribution in [0.15, 0.2) is 54.9 Å². The van der Waals surface area contributed by atoms with Gasteiger partial charge in [-0.3, -0.25) is 4.79 Å². The number of ether oxygens (including phenoxy) is 1. The Morgan fingerprint density at radius 2 is 1.78 bits per heavy atom.